The van der Waals surface area contributed by atoms with Crippen LogP contribution in [-0.2, 0) is 14.3 Å². The number of methoxy groups -OCH3 is 1. The summed E-state index contributed by atoms with van der Waals surface area (Å²) in [7, 11) is 1.60. The van der Waals surface area contributed by atoms with Gasteiger partial charge in [0.2, 0.25) is 0 Å². The van der Waals surface area contributed by atoms with Crippen LogP contribution in [0.3, 0.4) is 0 Å². The number of rotatable bonds is 3. The molecule has 0 bridgehead atoms. The van der Waals surface area contributed by atoms with E-state index in [1.54, 1.807) is 7.11 Å². The summed E-state index contributed by atoms with van der Waals surface area (Å²) in [4.78, 5) is 10.5. The van der Waals surface area contributed by atoms with Gasteiger partial charge in [-0.3, -0.25) is 0 Å². The first-order valence-electron chi connectivity index (χ1n) is 3.95. The minimum absolute atomic E-state index is 0.0324. The van der Waals surface area contributed by atoms with Crippen molar-refractivity contribution in [3.05, 3.63) is 0 Å². The van der Waals surface area contributed by atoms with Crippen molar-refractivity contribution in [1.29, 1.82) is 0 Å². The van der Waals surface area contributed by atoms with Crippen molar-refractivity contribution in [2.24, 2.45) is 5.92 Å². The molecule has 3 heteroatoms. The number of hydrogen-bond acceptors (Lipinski definition) is 3. The molecule has 1 heterocycles. The van der Waals surface area contributed by atoms with E-state index in [4.69, 9.17) is 9.47 Å². The monoisotopic (exact) mass is 158 g/mol. The first-order chi connectivity index (χ1) is 5.31. The predicted molar refractivity (Wildman–Crippen MR) is 40.1 cm³/mol. The van der Waals surface area contributed by atoms with Crippen LogP contribution >= 0.6 is 0 Å². The average molecular weight is 158 g/mol. The molecule has 11 heavy (non-hydrogen) atoms. The number of carbonyl (C=O) groups is 1. The summed E-state index contributed by atoms with van der Waals surface area (Å²) in [5.74, 6) is 0.0324. The maximum absolute atomic E-state index is 10.5. The third-order valence-electron chi connectivity index (χ3n) is 2.11. The van der Waals surface area contributed by atoms with E-state index in [1.807, 2.05) is 6.92 Å². The van der Waals surface area contributed by atoms with Gasteiger partial charge in [0, 0.05) is 19.4 Å². The van der Waals surface area contributed by atoms with Gasteiger partial charge in [0.1, 0.15) is 6.29 Å². The zero-order valence-corrected chi connectivity index (χ0v) is 6.95. The largest absolute Gasteiger partial charge is 0.356 e. The summed E-state index contributed by atoms with van der Waals surface area (Å²) in [6.07, 6.45) is 2.45. The second-order valence-corrected chi connectivity index (χ2v) is 2.78. The minimum atomic E-state index is -0.171. The normalized spacial score (nSPS) is 37.5. The van der Waals surface area contributed by atoms with Crippen LogP contribution in [0.25, 0.3) is 0 Å². The molecule has 3 unspecified atom stereocenters. The van der Waals surface area contributed by atoms with Gasteiger partial charge in [0.15, 0.2) is 6.29 Å². The van der Waals surface area contributed by atoms with Gasteiger partial charge in [0.25, 0.3) is 0 Å². The second-order valence-electron chi connectivity index (χ2n) is 2.78. The molecule has 3 nitrogen and oxygen atoms in total. The van der Waals surface area contributed by atoms with E-state index in [1.165, 1.54) is 0 Å². The van der Waals surface area contributed by atoms with Crippen LogP contribution in [0, 0.1) is 5.92 Å². The van der Waals surface area contributed by atoms with Crippen molar-refractivity contribution in [2.75, 3.05) is 7.11 Å². The summed E-state index contributed by atoms with van der Waals surface area (Å²) in [5.41, 5.74) is 0. The van der Waals surface area contributed by atoms with E-state index in [2.05, 4.69) is 0 Å². The molecule has 0 aromatic carbocycles. The quantitative estimate of drug-likeness (QED) is 0.574. The lowest BCUT2D eigenvalue weighted by molar-refractivity contribution is -0.120. The number of hydrogen-bond donors (Lipinski definition) is 0. The van der Waals surface area contributed by atoms with Crippen LogP contribution in [-0.4, -0.2) is 25.8 Å². The molecule has 0 radical (unpaired) electrons. The van der Waals surface area contributed by atoms with Gasteiger partial charge < -0.3 is 14.3 Å². The van der Waals surface area contributed by atoms with Gasteiger partial charge in [-0.15, -0.1) is 0 Å². The Bertz CT molecular complexity index is 135. The second kappa shape index (κ2) is 3.83. The smallest absolute Gasteiger partial charge is 0.158 e. The van der Waals surface area contributed by atoms with E-state index >= 15 is 0 Å². The third kappa shape index (κ3) is 1.79. The molecular formula is C8H14O3. The molecule has 0 saturated carbocycles. The number of carbonyl (C=O) groups excluding carboxylic acids is 1. The molecule has 1 saturated heterocycles. The number of aldehydes is 1. The maximum atomic E-state index is 10.5. The van der Waals surface area contributed by atoms with E-state index in [9.17, 15) is 4.79 Å². The molecule has 64 valence electrons. The summed E-state index contributed by atoms with van der Waals surface area (Å²) >= 11 is 0. The fourth-order valence-electron chi connectivity index (χ4n) is 1.42. The van der Waals surface area contributed by atoms with Crippen LogP contribution < -0.4 is 0 Å². The Morgan fingerprint density at radius 2 is 2.45 bits per heavy atom. The van der Waals surface area contributed by atoms with Gasteiger partial charge in [-0.2, -0.15) is 0 Å². The van der Waals surface area contributed by atoms with E-state index < -0.39 is 0 Å². The van der Waals surface area contributed by atoms with Crippen LogP contribution in [0.2, 0.25) is 0 Å². The SMILES string of the molecule is CCC1OC(OC)CC1C=O. The van der Waals surface area contributed by atoms with Crippen LogP contribution in [0.15, 0.2) is 0 Å². The summed E-state index contributed by atoms with van der Waals surface area (Å²) < 4.78 is 10.4. The van der Waals surface area contributed by atoms with Crippen molar-refractivity contribution >= 4 is 6.29 Å². The first-order valence-corrected chi connectivity index (χ1v) is 3.95. The van der Waals surface area contributed by atoms with E-state index in [0.29, 0.717) is 6.42 Å². The average Bonchev–Trinajstić information content (AvgIpc) is 2.46. The lowest BCUT2D eigenvalue weighted by Gasteiger charge is -2.10. The van der Waals surface area contributed by atoms with Crippen molar-refractivity contribution in [3.8, 4) is 0 Å². The molecule has 1 aliphatic rings. The van der Waals surface area contributed by atoms with E-state index in [0.717, 1.165) is 12.7 Å². The Morgan fingerprint density at radius 3 is 2.82 bits per heavy atom. The molecule has 0 N–H and O–H groups in total. The van der Waals surface area contributed by atoms with Gasteiger partial charge >= 0.3 is 0 Å². The number of ether oxygens (including phenoxy) is 2. The van der Waals surface area contributed by atoms with Crippen molar-refractivity contribution in [2.45, 2.75) is 32.2 Å². The highest BCUT2D eigenvalue weighted by atomic mass is 16.7. The molecule has 0 spiro atoms. The van der Waals surface area contributed by atoms with Crippen molar-refractivity contribution in [1.82, 2.24) is 0 Å². The Morgan fingerprint density at radius 1 is 1.73 bits per heavy atom. The lowest BCUT2D eigenvalue weighted by Crippen LogP contribution is -2.15. The minimum Gasteiger partial charge on any atom is -0.356 e. The highest BCUT2D eigenvalue weighted by Gasteiger charge is 2.33. The Balaban J connectivity index is 2.47. The molecule has 3 atom stereocenters. The third-order valence-corrected chi connectivity index (χ3v) is 2.11. The molecule has 1 rings (SSSR count). The van der Waals surface area contributed by atoms with Crippen LogP contribution in [0.5, 0.6) is 0 Å². The molecule has 0 aliphatic carbocycles. The zero-order valence-electron chi connectivity index (χ0n) is 6.95. The summed E-state index contributed by atoms with van der Waals surface area (Å²) in [5, 5.41) is 0. The predicted octanol–water partition coefficient (Wildman–Crippen LogP) is 0.973. The maximum Gasteiger partial charge on any atom is 0.158 e. The van der Waals surface area contributed by atoms with Gasteiger partial charge in [-0.05, 0) is 6.42 Å². The van der Waals surface area contributed by atoms with Crippen molar-refractivity contribution < 1.29 is 14.3 Å². The van der Waals surface area contributed by atoms with Gasteiger partial charge in [-0.25, -0.2) is 0 Å². The molecule has 0 aromatic rings. The molecule has 0 aromatic heterocycles. The summed E-state index contributed by atoms with van der Waals surface area (Å²) in [6.45, 7) is 2.01. The Labute approximate surface area is 66.7 Å². The highest BCUT2D eigenvalue weighted by molar-refractivity contribution is 5.55. The zero-order chi connectivity index (χ0) is 8.27. The van der Waals surface area contributed by atoms with Crippen LogP contribution in [0.4, 0.5) is 0 Å². The molecule has 1 fully saturated rings. The standard InChI is InChI=1S/C8H14O3/c1-3-7-6(5-9)4-8(10-2)11-7/h5-8H,3-4H2,1-2H3. The lowest BCUT2D eigenvalue weighted by atomic mass is 10.0. The van der Waals surface area contributed by atoms with Crippen molar-refractivity contribution in [3.63, 3.8) is 0 Å². The van der Waals surface area contributed by atoms with Gasteiger partial charge in [0.05, 0.1) is 6.10 Å². The van der Waals surface area contributed by atoms with Crippen LogP contribution in [0.1, 0.15) is 19.8 Å². The molecule has 0 amide bonds. The summed E-state index contributed by atoms with van der Waals surface area (Å²) in [6, 6.07) is 0. The Hall–Kier alpha value is -0.410. The Kier molecular flexibility index (Phi) is 3.02. The topological polar surface area (TPSA) is 35.5 Å². The molecular weight excluding hydrogens is 144 g/mol. The van der Waals surface area contributed by atoms with Gasteiger partial charge in [-0.1, -0.05) is 6.92 Å². The fourth-order valence-corrected chi connectivity index (χ4v) is 1.42. The van der Waals surface area contributed by atoms with E-state index in [-0.39, 0.29) is 18.3 Å². The fraction of sp³-hybridized carbons (Fsp3) is 0.875. The highest BCUT2D eigenvalue weighted by Crippen LogP contribution is 2.26. The molecule has 1 aliphatic heterocycles. The first kappa shape index (κ1) is 8.68.